The molecule has 0 saturated carbocycles. The average molecular weight is 256 g/mol. The number of aromatic hydroxyl groups is 1. The molecule has 0 aliphatic rings. The van der Waals surface area contributed by atoms with Crippen molar-refractivity contribution in [1.29, 1.82) is 0 Å². The van der Waals surface area contributed by atoms with Crippen LogP contribution in [-0.4, -0.2) is 14.7 Å². The Morgan fingerprint density at radius 2 is 2.00 bits per heavy atom. The standard InChI is InChI=1S/C15H13FN2O/c1-18-13-7-6-11(16)9-12(13)17-15(18)8-10-4-2-3-5-14(10)19/h2-7,9,19H,8H2,1H3. The molecule has 0 atom stereocenters. The van der Waals surface area contributed by atoms with E-state index in [0.29, 0.717) is 11.9 Å². The predicted molar refractivity (Wildman–Crippen MR) is 71.6 cm³/mol. The molecule has 3 nitrogen and oxygen atoms in total. The molecule has 0 unspecified atom stereocenters. The number of rotatable bonds is 2. The normalized spacial score (nSPS) is 11.1. The lowest BCUT2D eigenvalue weighted by atomic mass is 10.1. The van der Waals surface area contributed by atoms with Crippen molar-refractivity contribution in [2.24, 2.45) is 7.05 Å². The summed E-state index contributed by atoms with van der Waals surface area (Å²) in [6.07, 6.45) is 0.513. The number of para-hydroxylation sites is 1. The third-order valence-corrected chi connectivity index (χ3v) is 3.28. The summed E-state index contributed by atoms with van der Waals surface area (Å²) in [7, 11) is 1.89. The number of phenols is 1. The Hall–Kier alpha value is -2.36. The first kappa shape index (κ1) is 11.7. The first-order valence-corrected chi connectivity index (χ1v) is 6.03. The Labute approximate surface area is 109 Å². The maximum Gasteiger partial charge on any atom is 0.125 e. The fourth-order valence-corrected chi connectivity index (χ4v) is 2.21. The topological polar surface area (TPSA) is 38.0 Å². The van der Waals surface area contributed by atoms with E-state index >= 15 is 0 Å². The average Bonchev–Trinajstić information content (AvgIpc) is 2.68. The molecule has 0 saturated heterocycles. The van der Waals surface area contributed by atoms with Gasteiger partial charge in [-0.2, -0.15) is 0 Å². The Bertz CT molecular complexity index is 749. The molecule has 0 radical (unpaired) electrons. The van der Waals surface area contributed by atoms with Crippen LogP contribution in [0.25, 0.3) is 11.0 Å². The van der Waals surface area contributed by atoms with Gasteiger partial charge in [0.25, 0.3) is 0 Å². The Morgan fingerprint density at radius 1 is 1.21 bits per heavy atom. The van der Waals surface area contributed by atoms with E-state index < -0.39 is 0 Å². The minimum atomic E-state index is -0.292. The van der Waals surface area contributed by atoms with Crippen molar-refractivity contribution < 1.29 is 9.50 Å². The zero-order valence-corrected chi connectivity index (χ0v) is 10.5. The van der Waals surface area contributed by atoms with Crippen LogP contribution < -0.4 is 0 Å². The molecule has 0 bridgehead atoms. The van der Waals surface area contributed by atoms with Gasteiger partial charge in [-0.25, -0.2) is 9.37 Å². The number of nitrogens with zero attached hydrogens (tertiary/aromatic N) is 2. The molecule has 3 aromatic rings. The van der Waals surface area contributed by atoms with Crippen molar-refractivity contribution in [1.82, 2.24) is 9.55 Å². The van der Waals surface area contributed by atoms with Crippen molar-refractivity contribution in [3.8, 4) is 5.75 Å². The number of imidazole rings is 1. The maximum atomic E-state index is 13.2. The van der Waals surface area contributed by atoms with E-state index in [1.54, 1.807) is 18.2 Å². The molecule has 0 fully saturated rings. The number of aryl methyl sites for hydroxylation is 1. The number of fused-ring (bicyclic) bond motifs is 1. The fraction of sp³-hybridized carbons (Fsp3) is 0.133. The number of halogens is 1. The smallest absolute Gasteiger partial charge is 0.125 e. The van der Waals surface area contributed by atoms with Gasteiger partial charge in [-0.15, -0.1) is 0 Å². The summed E-state index contributed by atoms with van der Waals surface area (Å²) in [5.41, 5.74) is 2.32. The molecule has 0 spiro atoms. The molecule has 96 valence electrons. The number of benzene rings is 2. The van der Waals surface area contributed by atoms with E-state index in [2.05, 4.69) is 4.98 Å². The van der Waals surface area contributed by atoms with Crippen molar-refractivity contribution in [2.75, 3.05) is 0 Å². The van der Waals surface area contributed by atoms with Gasteiger partial charge in [0.15, 0.2) is 0 Å². The molecule has 3 rings (SSSR count). The highest BCUT2D eigenvalue weighted by Gasteiger charge is 2.10. The molecular formula is C15H13FN2O. The third-order valence-electron chi connectivity index (χ3n) is 3.28. The highest BCUT2D eigenvalue weighted by molar-refractivity contribution is 5.76. The highest BCUT2D eigenvalue weighted by Crippen LogP contribution is 2.22. The number of phenolic OH excluding ortho intramolecular Hbond substituents is 1. The maximum absolute atomic E-state index is 13.2. The monoisotopic (exact) mass is 256 g/mol. The van der Waals surface area contributed by atoms with Gasteiger partial charge in [0.05, 0.1) is 11.0 Å². The van der Waals surface area contributed by atoms with Crippen LogP contribution in [0, 0.1) is 5.82 Å². The molecule has 4 heteroatoms. The number of hydrogen-bond donors (Lipinski definition) is 1. The first-order chi connectivity index (χ1) is 9.15. The van der Waals surface area contributed by atoms with Gasteiger partial charge in [-0.3, -0.25) is 0 Å². The summed E-state index contributed by atoms with van der Waals surface area (Å²) < 4.78 is 15.1. The van der Waals surface area contributed by atoms with Crippen molar-refractivity contribution in [3.05, 3.63) is 59.7 Å². The summed E-state index contributed by atoms with van der Waals surface area (Å²) in [4.78, 5) is 4.42. The predicted octanol–water partition coefficient (Wildman–Crippen LogP) is 3.01. The van der Waals surface area contributed by atoms with Crippen molar-refractivity contribution in [2.45, 2.75) is 6.42 Å². The van der Waals surface area contributed by atoms with Gasteiger partial charge in [-0.05, 0) is 18.2 Å². The zero-order chi connectivity index (χ0) is 13.4. The van der Waals surface area contributed by atoms with Crippen LogP contribution in [0.5, 0.6) is 5.75 Å². The lowest BCUT2D eigenvalue weighted by molar-refractivity contribution is 0.469. The molecule has 0 aliphatic heterocycles. The molecule has 1 heterocycles. The summed E-state index contributed by atoms with van der Waals surface area (Å²) >= 11 is 0. The second-order valence-electron chi connectivity index (χ2n) is 4.53. The molecule has 1 N–H and O–H groups in total. The van der Waals surface area contributed by atoms with Gasteiger partial charge < -0.3 is 9.67 Å². The summed E-state index contributed by atoms with van der Waals surface area (Å²) in [5.74, 6) is 0.752. The third kappa shape index (κ3) is 2.05. The summed E-state index contributed by atoms with van der Waals surface area (Å²) in [6.45, 7) is 0. The van der Waals surface area contributed by atoms with Crippen LogP contribution in [-0.2, 0) is 13.5 Å². The van der Waals surface area contributed by atoms with E-state index in [1.165, 1.54) is 12.1 Å². The Morgan fingerprint density at radius 3 is 2.79 bits per heavy atom. The van der Waals surface area contributed by atoms with Gasteiger partial charge in [-0.1, -0.05) is 18.2 Å². The van der Waals surface area contributed by atoms with Crippen LogP contribution in [0.2, 0.25) is 0 Å². The zero-order valence-electron chi connectivity index (χ0n) is 10.5. The molecule has 0 amide bonds. The van der Waals surface area contributed by atoms with Gasteiger partial charge in [0.2, 0.25) is 0 Å². The molecule has 0 aliphatic carbocycles. The van der Waals surface area contributed by atoms with Crippen molar-refractivity contribution >= 4 is 11.0 Å². The molecule has 19 heavy (non-hydrogen) atoms. The van der Waals surface area contributed by atoms with Crippen molar-refractivity contribution in [3.63, 3.8) is 0 Å². The molecule has 1 aromatic heterocycles. The van der Waals surface area contributed by atoms with Gasteiger partial charge in [0.1, 0.15) is 17.4 Å². The van der Waals surface area contributed by atoms with E-state index in [-0.39, 0.29) is 11.6 Å². The summed E-state index contributed by atoms with van der Waals surface area (Å²) in [5, 5.41) is 9.78. The van der Waals surface area contributed by atoms with E-state index in [0.717, 1.165) is 16.9 Å². The van der Waals surface area contributed by atoms with Crippen LogP contribution >= 0.6 is 0 Å². The second kappa shape index (κ2) is 4.39. The minimum absolute atomic E-state index is 0.251. The fourth-order valence-electron chi connectivity index (χ4n) is 2.21. The quantitative estimate of drug-likeness (QED) is 0.765. The minimum Gasteiger partial charge on any atom is -0.508 e. The second-order valence-corrected chi connectivity index (χ2v) is 4.53. The number of hydrogen-bond acceptors (Lipinski definition) is 2. The van der Waals surface area contributed by atoms with E-state index in [4.69, 9.17) is 0 Å². The van der Waals surface area contributed by atoms with Crippen LogP contribution in [0.4, 0.5) is 4.39 Å². The highest BCUT2D eigenvalue weighted by atomic mass is 19.1. The number of aromatic nitrogens is 2. The summed E-state index contributed by atoms with van der Waals surface area (Å²) in [6, 6.07) is 11.7. The van der Waals surface area contributed by atoms with Crippen LogP contribution in [0.3, 0.4) is 0 Å². The van der Waals surface area contributed by atoms with Gasteiger partial charge in [0, 0.05) is 25.1 Å². The lowest BCUT2D eigenvalue weighted by Gasteiger charge is -2.04. The van der Waals surface area contributed by atoms with Gasteiger partial charge >= 0.3 is 0 Å². The molecular weight excluding hydrogens is 243 g/mol. The largest absolute Gasteiger partial charge is 0.508 e. The molecule has 2 aromatic carbocycles. The Kier molecular flexibility index (Phi) is 2.71. The van der Waals surface area contributed by atoms with E-state index in [1.807, 2.05) is 23.7 Å². The lowest BCUT2D eigenvalue weighted by Crippen LogP contribution is -1.99. The van der Waals surface area contributed by atoms with E-state index in [9.17, 15) is 9.50 Å². The first-order valence-electron chi connectivity index (χ1n) is 6.03. The SMILES string of the molecule is Cn1c(Cc2ccccc2O)nc2cc(F)ccc21. The van der Waals surface area contributed by atoms with Crippen LogP contribution in [0.1, 0.15) is 11.4 Å². The van der Waals surface area contributed by atoms with Crippen LogP contribution in [0.15, 0.2) is 42.5 Å². The Balaban J connectivity index is 2.06.